The lowest BCUT2D eigenvalue weighted by atomic mass is 10.2. The van der Waals surface area contributed by atoms with E-state index in [2.05, 4.69) is 134 Å². The van der Waals surface area contributed by atoms with Gasteiger partial charge in [0.1, 0.15) is 28.5 Å². The van der Waals surface area contributed by atoms with Crippen LogP contribution in [0, 0.1) is 0 Å². The highest BCUT2D eigenvalue weighted by molar-refractivity contribution is 8.03. The fourth-order valence-corrected chi connectivity index (χ4v) is 8.84. The molecule has 148 valence electrons. The van der Waals surface area contributed by atoms with Crippen LogP contribution in [0.2, 0.25) is 0 Å². The molecule has 0 aliphatic rings. The van der Waals surface area contributed by atoms with Gasteiger partial charge in [-0.05, 0) is 43.3 Å². The molecule has 0 fully saturated rings. The summed E-state index contributed by atoms with van der Waals surface area (Å²) in [5, 5.41) is 8.93. The van der Waals surface area contributed by atoms with E-state index >= 15 is 0 Å². The number of hydrogen-bond acceptors (Lipinski definition) is 1. The molecule has 1 nitrogen and oxygen atoms in total. The first-order valence-electron chi connectivity index (χ1n) is 10.3. The van der Waals surface area contributed by atoms with Gasteiger partial charge in [0.2, 0.25) is 0 Å². The molecular formula is C28H27NP+. The summed E-state index contributed by atoms with van der Waals surface area (Å²) in [5.74, 6) is 0. The monoisotopic (exact) mass is 408 g/mol. The fourth-order valence-electron chi connectivity index (χ4n) is 4.17. The van der Waals surface area contributed by atoms with E-state index < -0.39 is 7.26 Å². The Balaban J connectivity index is 2.20. The predicted octanol–water partition coefficient (Wildman–Crippen LogP) is 5.59. The van der Waals surface area contributed by atoms with Crippen LogP contribution in [0.25, 0.3) is 5.31 Å². The topological polar surface area (TPSA) is 12.0 Å². The van der Waals surface area contributed by atoms with Crippen LogP contribution >= 0.6 is 7.26 Å². The molecule has 0 saturated carbocycles. The minimum atomic E-state index is -2.14. The Hall–Kier alpha value is -3.15. The second-order valence-corrected chi connectivity index (χ2v) is 10.6. The standard InChI is InChI=1S/C28H27NP/c1-23(29-2)28(24-15-7-3-8-16-24)30(25-17-9-4-10-18-25,26-19-11-5-12-20-26)27-21-13-6-14-22-27/h3-22,29H,1-2H3/q+1/b28-23+. The molecule has 0 spiro atoms. The molecule has 4 aromatic rings. The number of allylic oxidation sites excluding steroid dienone is 1. The molecule has 30 heavy (non-hydrogen) atoms. The summed E-state index contributed by atoms with van der Waals surface area (Å²) < 4.78 is 0. The number of nitrogens with one attached hydrogen (secondary N) is 1. The first-order chi connectivity index (χ1) is 14.8. The average Bonchev–Trinajstić information content (AvgIpc) is 2.84. The fraction of sp³-hybridized carbons (Fsp3) is 0.0714. The zero-order valence-corrected chi connectivity index (χ0v) is 18.4. The molecule has 2 heteroatoms. The highest BCUT2D eigenvalue weighted by Crippen LogP contribution is 2.66. The molecule has 0 heterocycles. The first kappa shape index (κ1) is 20.1. The van der Waals surface area contributed by atoms with Crippen molar-refractivity contribution >= 4 is 28.5 Å². The lowest BCUT2D eigenvalue weighted by Gasteiger charge is -2.31. The SMILES string of the molecule is CN/C(C)=C(\c1ccccc1)[P+](c1ccccc1)(c1ccccc1)c1ccccc1. The van der Waals surface area contributed by atoms with Gasteiger partial charge in [0.05, 0.1) is 5.70 Å². The Morgan fingerprint density at radius 2 is 0.867 bits per heavy atom. The Labute approximate surface area is 180 Å². The maximum atomic E-state index is 3.49. The molecule has 0 bridgehead atoms. The van der Waals surface area contributed by atoms with Crippen LogP contribution in [0.3, 0.4) is 0 Å². The molecule has 0 saturated heterocycles. The van der Waals surface area contributed by atoms with Crippen molar-refractivity contribution in [2.45, 2.75) is 6.92 Å². The second kappa shape index (κ2) is 9.11. The molecule has 1 N–H and O–H groups in total. The van der Waals surface area contributed by atoms with Crippen LogP contribution in [0.5, 0.6) is 0 Å². The Kier molecular flexibility index (Phi) is 6.12. The zero-order valence-electron chi connectivity index (χ0n) is 17.5. The molecule has 0 atom stereocenters. The van der Waals surface area contributed by atoms with E-state index in [9.17, 15) is 0 Å². The van der Waals surface area contributed by atoms with Gasteiger partial charge in [-0.1, -0.05) is 84.9 Å². The van der Waals surface area contributed by atoms with Crippen molar-refractivity contribution in [2.24, 2.45) is 0 Å². The molecule has 4 rings (SSSR count). The number of benzene rings is 4. The van der Waals surface area contributed by atoms with E-state index in [0.717, 1.165) is 0 Å². The molecule has 0 radical (unpaired) electrons. The number of hydrogen-bond donors (Lipinski definition) is 1. The summed E-state index contributed by atoms with van der Waals surface area (Å²) in [6.07, 6.45) is 0. The van der Waals surface area contributed by atoms with Crippen molar-refractivity contribution in [1.29, 1.82) is 0 Å². The highest BCUT2D eigenvalue weighted by atomic mass is 31.2. The molecule has 4 aromatic carbocycles. The summed E-state index contributed by atoms with van der Waals surface area (Å²) in [6, 6.07) is 43.8. The van der Waals surface area contributed by atoms with Gasteiger partial charge >= 0.3 is 0 Å². The normalized spacial score (nSPS) is 12.2. The predicted molar refractivity (Wildman–Crippen MR) is 133 cm³/mol. The minimum absolute atomic E-state index is 1.20. The van der Waals surface area contributed by atoms with Gasteiger partial charge in [0.15, 0.2) is 0 Å². The largest absolute Gasteiger partial charge is 0.388 e. The van der Waals surface area contributed by atoms with Crippen LogP contribution in [-0.2, 0) is 0 Å². The average molecular weight is 409 g/mol. The van der Waals surface area contributed by atoms with Gasteiger partial charge in [-0.25, -0.2) is 0 Å². The minimum Gasteiger partial charge on any atom is -0.388 e. The van der Waals surface area contributed by atoms with Crippen molar-refractivity contribution in [1.82, 2.24) is 5.32 Å². The molecule has 0 aliphatic heterocycles. The van der Waals surface area contributed by atoms with Gasteiger partial charge in [0, 0.05) is 12.6 Å². The van der Waals surface area contributed by atoms with Gasteiger partial charge in [0.25, 0.3) is 0 Å². The summed E-state index contributed by atoms with van der Waals surface area (Å²) in [4.78, 5) is 0. The molecule has 0 aromatic heterocycles. The van der Waals surface area contributed by atoms with Gasteiger partial charge in [-0.3, -0.25) is 0 Å². The summed E-state index contributed by atoms with van der Waals surface area (Å²) in [6.45, 7) is 2.20. The van der Waals surface area contributed by atoms with Crippen molar-refractivity contribution in [3.63, 3.8) is 0 Å². The van der Waals surface area contributed by atoms with E-state index in [-0.39, 0.29) is 0 Å². The van der Waals surface area contributed by atoms with E-state index in [0.29, 0.717) is 0 Å². The van der Waals surface area contributed by atoms with E-state index in [4.69, 9.17) is 0 Å². The first-order valence-corrected chi connectivity index (χ1v) is 12.1. The van der Waals surface area contributed by atoms with Crippen molar-refractivity contribution in [2.75, 3.05) is 7.05 Å². The van der Waals surface area contributed by atoms with Gasteiger partial charge in [-0.2, -0.15) is 0 Å². The van der Waals surface area contributed by atoms with Crippen molar-refractivity contribution < 1.29 is 0 Å². The molecular weight excluding hydrogens is 381 g/mol. The smallest absolute Gasteiger partial charge is 0.146 e. The quantitative estimate of drug-likeness (QED) is 0.410. The Morgan fingerprint density at radius 1 is 0.533 bits per heavy atom. The molecule has 0 aliphatic carbocycles. The highest BCUT2D eigenvalue weighted by Gasteiger charge is 2.51. The maximum Gasteiger partial charge on any atom is 0.146 e. The number of rotatable bonds is 6. The zero-order chi connectivity index (χ0) is 20.8. The van der Waals surface area contributed by atoms with E-state index in [1.54, 1.807) is 0 Å². The summed E-state index contributed by atoms with van der Waals surface area (Å²) in [7, 11) is -0.119. The van der Waals surface area contributed by atoms with Crippen LogP contribution in [0.4, 0.5) is 0 Å². The Bertz CT molecular complexity index is 1010. The lowest BCUT2D eigenvalue weighted by molar-refractivity contribution is 0.999. The third-order valence-corrected chi connectivity index (χ3v) is 10.0. The van der Waals surface area contributed by atoms with Gasteiger partial charge in [-0.15, -0.1) is 0 Å². The van der Waals surface area contributed by atoms with Crippen LogP contribution in [-0.4, -0.2) is 7.05 Å². The third-order valence-electron chi connectivity index (χ3n) is 5.54. The maximum absolute atomic E-state index is 3.49. The Morgan fingerprint density at radius 3 is 1.20 bits per heavy atom. The lowest BCUT2D eigenvalue weighted by Crippen LogP contribution is -2.33. The third kappa shape index (κ3) is 3.58. The van der Waals surface area contributed by atoms with E-state index in [1.807, 2.05) is 7.05 Å². The summed E-state index contributed by atoms with van der Waals surface area (Å²) in [5.41, 5.74) is 2.46. The van der Waals surface area contributed by atoms with Crippen LogP contribution in [0.15, 0.2) is 127 Å². The van der Waals surface area contributed by atoms with Crippen LogP contribution in [0.1, 0.15) is 12.5 Å². The summed E-state index contributed by atoms with van der Waals surface area (Å²) >= 11 is 0. The molecule has 0 unspecified atom stereocenters. The van der Waals surface area contributed by atoms with E-state index in [1.165, 1.54) is 32.5 Å². The second-order valence-electron chi connectivity index (χ2n) is 7.27. The van der Waals surface area contributed by atoms with Crippen molar-refractivity contribution in [3.8, 4) is 0 Å². The molecule has 0 amide bonds. The van der Waals surface area contributed by atoms with Gasteiger partial charge < -0.3 is 5.32 Å². The van der Waals surface area contributed by atoms with Crippen molar-refractivity contribution in [3.05, 3.63) is 133 Å². The van der Waals surface area contributed by atoms with Crippen LogP contribution < -0.4 is 21.2 Å².